The Kier molecular flexibility index (Phi) is 3.69. The lowest BCUT2D eigenvalue weighted by Crippen LogP contribution is -2.15. The van der Waals surface area contributed by atoms with Crippen molar-refractivity contribution in [2.75, 3.05) is 5.32 Å². The molecule has 1 N–H and O–H groups in total. The smallest absolute Gasteiger partial charge is 0.306 e. The largest absolute Gasteiger partial charge is 0.433 e. The Morgan fingerprint density at radius 2 is 1.78 bits per heavy atom. The van der Waals surface area contributed by atoms with Crippen LogP contribution in [0.1, 0.15) is 16.1 Å². The van der Waals surface area contributed by atoms with Gasteiger partial charge in [0.05, 0.1) is 11.1 Å². The van der Waals surface area contributed by atoms with Crippen molar-refractivity contribution in [1.29, 1.82) is 0 Å². The van der Waals surface area contributed by atoms with Crippen molar-refractivity contribution in [3.63, 3.8) is 0 Å². The van der Waals surface area contributed by atoms with Crippen LogP contribution in [0.3, 0.4) is 0 Å². The molecule has 23 heavy (non-hydrogen) atoms. The monoisotopic (exact) mass is 317 g/mol. The van der Waals surface area contributed by atoms with Crippen molar-refractivity contribution in [2.24, 2.45) is 0 Å². The van der Waals surface area contributed by atoms with E-state index < -0.39 is 17.8 Å². The first-order valence-corrected chi connectivity index (χ1v) is 6.64. The predicted molar refractivity (Wildman–Crippen MR) is 78.9 cm³/mol. The van der Waals surface area contributed by atoms with E-state index in [1.54, 1.807) is 18.2 Å². The Morgan fingerprint density at radius 3 is 2.48 bits per heavy atom. The van der Waals surface area contributed by atoms with Crippen molar-refractivity contribution in [2.45, 2.75) is 6.18 Å². The van der Waals surface area contributed by atoms with Gasteiger partial charge < -0.3 is 5.32 Å². The predicted octanol–water partition coefficient (Wildman–Crippen LogP) is 3.90. The second-order valence-electron chi connectivity index (χ2n) is 4.77. The number of fused-ring (bicyclic) bond motifs is 1. The Labute approximate surface area is 129 Å². The summed E-state index contributed by atoms with van der Waals surface area (Å²) in [4.78, 5) is 19.6. The molecule has 0 fully saturated rings. The first kappa shape index (κ1) is 15.0. The number of hydrogen-bond acceptors (Lipinski definition) is 3. The molecule has 4 nitrogen and oxygen atoms in total. The summed E-state index contributed by atoms with van der Waals surface area (Å²) in [6.07, 6.45) is -3.64. The molecule has 0 atom stereocenters. The van der Waals surface area contributed by atoms with Crippen LogP contribution in [-0.4, -0.2) is 15.9 Å². The molecule has 3 rings (SSSR count). The van der Waals surface area contributed by atoms with E-state index in [9.17, 15) is 18.0 Å². The fourth-order valence-corrected chi connectivity index (χ4v) is 2.02. The summed E-state index contributed by atoms with van der Waals surface area (Å²) in [7, 11) is 0. The average molecular weight is 317 g/mol. The van der Waals surface area contributed by atoms with Crippen molar-refractivity contribution < 1.29 is 18.0 Å². The highest BCUT2D eigenvalue weighted by molar-refractivity contribution is 6.04. The van der Waals surface area contributed by atoms with Crippen LogP contribution >= 0.6 is 0 Å². The zero-order valence-corrected chi connectivity index (χ0v) is 11.6. The normalized spacial score (nSPS) is 11.4. The number of carbonyl (C=O) groups is 1. The number of amides is 1. The maximum absolute atomic E-state index is 12.4. The highest BCUT2D eigenvalue weighted by Crippen LogP contribution is 2.27. The van der Waals surface area contributed by atoms with E-state index in [1.807, 2.05) is 18.2 Å². The topological polar surface area (TPSA) is 54.9 Å². The number of carbonyl (C=O) groups excluding carboxylic acids is 1. The second-order valence-corrected chi connectivity index (χ2v) is 4.77. The van der Waals surface area contributed by atoms with E-state index in [1.165, 1.54) is 0 Å². The summed E-state index contributed by atoms with van der Waals surface area (Å²) in [5.41, 5.74) is -0.318. The van der Waals surface area contributed by atoms with Crippen LogP contribution in [0.25, 0.3) is 10.9 Å². The standard InChI is InChI=1S/C16H10F3N3O/c17-16(18,19)13-7-5-11(9-20-13)15(23)22-14-8-6-10-3-1-2-4-12(10)21-14/h1-9H,(H,21,22,23). The molecule has 1 amide bonds. The van der Waals surface area contributed by atoms with Gasteiger partial charge in [-0.25, -0.2) is 4.98 Å². The molecular weight excluding hydrogens is 307 g/mol. The number of nitrogens with zero attached hydrogens (tertiary/aromatic N) is 2. The number of aromatic nitrogens is 2. The van der Waals surface area contributed by atoms with Gasteiger partial charge in [0.25, 0.3) is 5.91 Å². The number of hydrogen-bond donors (Lipinski definition) is 1. The van der Waals surface area contributed by atoms with Gasteiger partial charge in [0.1, 0.15) is 11.5 Å². The molecule has 0 saturated heterocycles. The molecule has 3 aromatic rings. The number of halogens is 3. The van der Waals surface area contributed by atoms with Gasteiger partial charge in [0.15, 0.2) is 0 Å². The van der Waals surface area contributed by atoms with Gasteiger partial charge >= 0.3 is 6.18 Å². The van der Waals surface area contributed by atoms with Gasteiger partial charge in [-0.3, -0.25) is 9.78 Å². The van der Waals surface area contributed by atoms with E-state index in [4.69, 9.17) is 0 Å². The minimum Gasteiger partial charge on any atom is -0.306 e. The Balaban J connectivity index is 1.80. The third kappa shape index (κ3) is 3.28. The van der Waals surface area contributed by atoms with Gasteiger partial charge in [-0.1, -0.05) is 18.2 Å². The van der Waals surface area contributed by atoms with E-state index in [-0.39, 0.29) is 5.56 Å². The zero-order valence-electron chi connectivity index (χ0n) is 11.6. The van der Waals surface area contributed by atoms with E-state index in [2.05, 4.69) is 15.3 Å². The van der Waals surface area contributed by atoms with Crippen LogP contribution in [0.4, 0.5) is 19.0 Å². The quantitative estimate of drug-likeness (QED) is 0.780. The molecule has 116 valence electrons. The van der Waals surface area contributed by atoms with E-state index in [0.29, 0.717) is 11.3 Å². The number of rotatable bonds is 2. The second kappa shape index (κ2) is 5.68. The number of para-hydroxylation sites is 1. The molecular formula is C16H10F3N3O. The molecule has 0 aliphatic rings. The first-order valence-electron chi connectivity index (χ1n) is 6.64. The number of benzene rings is 1. The molecule has 1 aromatic carbocycles. The van der Waals surface area contributed by atoms with Crippen molar-refractivity contribution in [3.05, 3.63) is 66.0 Å². The summed E-state index contributed by atoms with van der Waals surface area (Å²) < 4.78 is 37.3. The van der Waals surface area contributed by atoms with Crippen LogP contribution in [0.15, 0.2) is 54.7 Å². The first-order chi connectivity index (χ1) is 10.9. The Hall–Kier alpha value is -2.96. The van der Waals surface area contributed by atoms with Crippen LogP contribution in [-0.2, 0) is 6.18 Å². The average Bonchev–Trinajstić information content (AvgIpc) is 2.54. The van der Waals surface area contributed by atoms with Gasteiger partial charge in [-0.15, -0.1) is 0 Å². The molecule has 0 radical (unpaired) electrons. The maximum atomic E-state index is 12.4. The lowest BCUT2D eigenvalue weighted by Gasteiger charge is -2.07. The molecule has 0 saturated carbocycles. The zero-order chi connectivity index (χ0) is 16.4. The van der Waals surface area contributed by atoms with E-state index in [0.717, 1.165) is 23.7 Å². The number of nitrogens with one attached hydrogen (secondary N) is 1. The van der Waals surface area contributed by atoms with Gasteiger partial charge in [-0.05, 0) is 30.3 Å². The van der Waals surface area contributed by atoms with Crippen molar-refractivity contribution in [3.8, 4) is 0 Å². The molecule has 2 aromatic heterocycles. The number of alkyl halides is 3. The highest BCUT2D eigenvalue weighted by Gasteiger charge is 2.32. The lowest BCUT2D eigenvalue weighted by molar-refractivity contribution is -0.141. The third-order valence-electron chi connectivity index (χ3n) is 3.16. The summed E-state index contributed by atoms with van der Waals surface area (Å²) >= 11 is 0. The fraction of sp³-hybridized carbons (Fsp3) is 0.0625. The minimum atomic E-state index is -4.53. The lowest BCUT2D eigenvalue weighted by atomic mass is 10.2. The Bertz CT molecular complexity index is 860. The van der Waals surface area contributed by atoms with Gasteiger partial charge in [0.2, 0.25) is 0 Å². The van der Waals surface area contributed by atoms with Crippen LogP contribution < -0.4 is 5.32 Å². The third-order valence-corrected chi connectivity index (χ3v) is 3.16. The van der Waals surface area contributed by atoms with Crippen LogP contribution in [0.2, 0.25) is 0 Å². The fourth-order valence-electron chi connectivity index (χ4n) is 2.02. The highest BCUT2D eigenvalue weighted by atomic mass is 19.4. The molecule has 0 spiro atoms. The maximum Gasteiger partial charge on any atom is 0.433 e. The molecule has 0 unspecified atom stereocenters. The Morgan fingerprint density at radius 1 is 1.00 bits per heavy atom. The number of anilines is 1. The van der Waals surface area contributed by atoms with Crippen molar-refractivity contribution >= 4 is 22.6 Å². The number of pyridine rings is 2. The summed E-state index contributed by atoms with van der Waals surface area (Å²) in [6.45, 7) is 0. The molecule has 7 heteroatoms. The molecule has 0 bridgehead atoms. The van der Waals surface area contributed by atoms with Crippen LogP contribution in [0, 0.1) is 0 Å². The minimum absolute atomic E-state index is 0.0213. The summed E-state index contributed by atoms with van der Waals surface area (Å²) in [5, 5.41) is 3.46. The molecule has 2 heterocycles. The van der Waals surface area contributed by atoms with E-state index >= 15 is 0 Å². The molecule has 0 aliphatic heterocycles. The SMILES string of the molecule is O=C(Nc1ccc2ccccc2n1)c1ccc(C(F)(F)F)nc1. The summed E-state index contributed by atoms with van der Waals surface area (Å²) in [5.74, 6) is -0.261. The van der Waals surface area contributed by atoms with Crippen LogP contribution in [0.5, 0.6) is 0 Å². The molecule has 0 aliphatic carbocycles. The van der Waals surface area contributed by atoms with Crippen molar-refractivity contribution in [1.82, 2.24) is 9.97 Å². The van der Waals surface area contributed by atoms with Gasteiger partial charge in [0, 0.05) is 11.6 Å². The summed E-state index contributed by atoms with van der Waals surface area (Å²) in [6, 6.07) is 12.6. The van der Waals surface area contributed by atoms with Gasteiger partial charge in [-0.2, -0.15) is 13.2 Å².